The van der Waals surface area contributed by atoms with Gasteiger partial charge in [-0.3, -0.25) is 0 Å². The molecule has 0 aliphatic rings. The second-order valence-corrected chi connectivity index (χ2v) is 5.04. The number of methoxy groups -OCH3 is 1. The van der Waals surface area contributed by atoms with Crippen molar-refractivity contribution in [2.45, 2.75) is 26.8 Å². The number of carboxylic acid groups (broad SMARTS) is 1. The first-order chi connectivity index (χ1) is 9.86. The van der Waals surface area contributed by atoms with Crippen LogP contribution in [0.25, 0.3) is 0 Å². The van der Waals surface area contributed by atoms with Crippen molar-refractivity contribution in [3.05, 3.63) is 29.3 Å². The van der Waals surface area contributed by atoms with E-state index in [0.717, 1.165) is 0 Å². The van der Waals surface area contributed by atoms with Crippen LogP contribution in [-0.4, -0.2) is 48.3 Å². The largest absolute Gasteiger partial charge is 0.478 e. The Hall–Kier alpha value is -2.08. The van der Waals surface area contributed by atoms with Crippen molar-refractivity contribution in [2.24, 2.45) is 0 Å². The zero-order chi connectivity index (χ0) is 16.0. The Kier molecular flexibility index (Phi) is 6.17. The summed E-state index contributed by atoms with van der Waals surface area (Å²) in [6.07, 6.45) is 0. The Morgan fingerprint density at radius 1 is 1.38 bits per heavy atom. The fourth-order valence-electron chi connectivity index (χ4n) is 1.91. The van der Waals surface area contributed by atoms with E-state index in [1.807, 2.05) is 13.8 Å². The zero-order valence-corrected chi connectivity index (χ0v) is 12.8. The lowest BCUT2D eigenvalue weighted by molar-refractivity contribution is 0.0697. The molecule has 0 aliphatic heterocycles. The number of carbonyl (C=O) groups is 2. The van der Waals surface area contributed by atoms with Crippen molar-refractivity contribution in [3.63, 3.8) is 0 Å². The molecular weight excluding hydrogens is 272 g/mol. The molecule has 2 N–H and O–H groups in total. The standard InChI is InChI=1S/C15H22N2O4/c1-10(2)17(7-8-21-4)15(20)16-13-6-5-12(14(18)19)9-11(13)3/h5-6,9-10H,7-8H2,1-4H3,(H,16,20)(H,18,19). The summed E-state index contributed by atoms with van der Waals surface area (Å²) < 4.78 is 5.00. The van der Waals surface area contributed by atoms with Crippen LogP contribution in [0.1, 0.15) is 29.8 Å². The highest BCUT2D eigenvalue weighted by atomic mass is 16.5. The number of urea groups is 1. The molecule has 0 aliphatic carbocycles. The molecule has 6 nitrogen and oxygen atoms in total. The summed E-state index contributed by atoms with van der Waals surface area (Å²) in [7, 11) is 1.59. The molecule has 21 heavy (non-hydrogen) atoms. The van der Waals surface area contributed by atoms with E-state index in [9.17, 15) is 9.59 Å². The van der Waals surface area contributed by atoms with Crippen molar-refractivity contribution in [2.75, 3.05) is 25.6 Å². The number of aryl methyl sites for hydroxylation is 1. The summed E-state index contributed by atoms with van der Waals surface area (Å²) in [6.45, 7) is 6.57. The van der Waals surface area contributed by atoms with Crippen LogP contribution in [0.15, 0.2) is 18.2 Å². The third-order valence-corrected chi connectivity index (χ3v) is 3.14. The first-order valence-corrected chi connectivity index (χ1v) is 6.77. The Balaban J connectivity index is 2.83. The van der Waals surface area contributed by atoms with Crippen molar-refractivity contribution in [3.8, 4) is 0 Å². The first kappa shape index (κ1) is 17.0. The molecule has 0 spiro atoms. The lowest BCUT2D eigenvalue weighted by Crippen LogP contribution is -2.42. The average molecular weight is 294 g/mol. The van der Waals surface area contributed by atoms with E-state index < -0.39 is 5.97 Å². The van der Waals surface area contributed by atoms with Gasteiger partial charge in [0.2, 0.25) is 0 Å². The molecular formula is C15H22N2O4. The van der Waals surface area contributed by atoms with Gasteiger partial charge in [-0.25, -0.2) is 9.59 Å². The van der Waals surface area contributed by atoms with Gasteiger partial charge in [0.15, 0.2) is 0 Å². The third kappa shape index (κ3) is 4.75. The van der Waals surface area contributed by atoms with Gasteiger partial charge in [0.1, 0.15) is 0 Å². The molecule has 1 rings (SSSR count). The molecule has 0 radical (unpaired) electrons. The van der Waals surface area contributed by atoms with Gasteiger partial charge in [0.05, 0.1) is 12.2 Å². The molecule has 0 unspecified atom stereocenters. The summed E-state index contributed by atoms with van der Waals surface area (Å²) in [5.74, 6) is -0.986. The smallest absolute Gasteiger partial charge is 0.335 e. The maximum absolute atomic E-state index is 12.3. The number of ether oxygens (including phenoxy) is 1. The minimum atomic E-state index is -0.986. The summed E-state index contributed by atoms with van der Waals surface area (Å²) in [4.78, 5) is 24.8. The highest BCUT2D eigenvalue weighted by Gasteiger charge is 2.17. The van der Waals surface area contributed by atoms with Crippen molar-refractivity contribution >= 4 is 17.7 Å². The van der Waals surface area contributed by atoms with Crippen LogP contribution in [0.4, 0.5) is 10.5 Å². The number of amides is 2. The lowest BCUT2D eigenvalue weighted by atomic mass is 10.1. The van der Waals surface area contributed by atoms with Crippen molar-refractivity contribution in [1.29, 1.82) is 0 Å². The topological polar surface area (TPSA) is 78.9 Å². The number of nitrogens with one attached hydrogen (secondary N) is 1. The summed E-state index contributed by atoms with van der Waals surface area (Å²) >= 11 is 0. The molecule has 0 bridgehead atoms. The second-order valence-electron chi connectivity index (χ2n) is 5.04. The van der Waals surface area contributed by atoms with Crippen LogP contribution in [0.2, 0.25) is 0 Å². The van der Waals surface area contributed by atoms with Gasteiger partial charge < -0.3 is 20.1 Å². The summed E-state index contributed by atoms with van der Waals surface area (Å²) in [5, 5.41) is 11.7. The van der Waals surface area contributed by atoms with Crippen LogP contribution in [-0.2, 0) is 4.74 Å². The van der Waals surface area contributed by atoms with E-state index in [1.165, 1.54) is 12.1 Å². The quantitative estimate of drug-likeness (QED) is 0.845. The fraction of sp³-hybridized carbons (Fsp3) is 0.467. The van der Waals surface area contributed by atoms with Crippen LogP contribution in [0.5, 0.6) is 0 Å². The van der Waals surface area contributed by atoms with Crippen molar-refractivity contribution in [1.82, 2.24) is 4.90 Å². The summed E-state index contributed by atoms with van der Waals surface area (Å²) in [5.41, 5.74) is 1.51. The van der Waals surface area contributed by atoms with Crippen LogP contribution >= 0.6 is 0 Å². The highest BCUT2D eigenvalue weighted by molar-refractivity contribution is 5.92. The van der Waals surface area contributed by atoms with E-state index in [-0.39, 0.29) is 17.6 Å². The number of hydrogen-bond donors (Lipinski definition) is 2. The second kappa shape index (κ2) is 7.64. The molecule has 1 aromatic rings. The fourth-order valence-corrected chi connectivity index (χ4v) is 1.91. The number of aromatic carboxylic acids is 1. The molecule has 0 saturated heterocycles. The number of hydrogen-bond acceptors (Lipinski definition) is 3. The normalized spacial score (nSPS) is 10.5. The van der Waals surface area contributed by atoms with Crippen LogP contribution in [0.3, 0.4) is 0 Å². The molecule has 2 amide bonds. The zero-order valence-electron chi connectivity index (χ0n) is 12.8. The molecule has 0 fully saturated rings. The van der Waals surface area contributed by atoms with E-state index >= 15 is 0 Å². The lowest BCUT2D eigenvalue weighted by Gasteiger charge is -2.27. The van der Waals surface area contributed by atoms with Crippen LogP contribution in [0, 0.1) is 6.92 Å². The van der Waals surface area contributed by atoms with E-state index in [0.29, 0.717) is 24.4 Å². The van der Waals surface area contributed by atoms with Gasteiger partial charge in [-0.05, 0) is 44.5 Å². The average Bonchev–Trinajstić information content (AvgIpc) is 2.40. The number of carboxylic acids is 1. The Morgan fingerprint density at radius 3 is 2.52 bits per heavy atom. The van der Waals surface area contributed by atoms with Gasteiger partial charge in [-0.2, -0.15) is 0 Å². The molecule has 0 aromatic heterocycles. The maximum atomic E-state index is 12.3. The summed E-state index contributed by atoms with van der Waals surface area (Å²) in [6, 6.07) is 4.42. The third-order valence-electron chi connectivity index (χ3n) is 3.14. The number of benzene rings is 1. The van der Waals surface area contributed by atoms with Gasteiger partial charge in [-0.1, -0.05) is 0 Å². The monoisotopic (exact) mass is 294 g/mol. The van der Waals surface area contributed by atoms with Gasteiger partial charge in [0.25, 0.3) is 0 Å². The predicted octanol–water partition coefficient (Wildman–Crippen LogP) is 2.58. The van der Waals surface area contributed by atoms with E-state index in [4.69, 9.17) is 9.84 Å². The predicted molar refractivity (Wildman–Crippen MR) is 80.9 cm³/mol. The number of nitrogens with zero attached hydrogens (tertiary/aromatic N) is 1. The van der Waals surface area contributed by atoms with Crippen molar-refractivity contribution < 1.29 is 19.4 Å². The maximum Gasteiger partial charge on any atom is 0.335 e. The van der Waals surface area contributed by atoms with Gasteiger partial charge >= 0.3 is 12.0 Å². The van der Waals surface area contributed by atoms with Crippen LogP contribution < -0.4 is 5.32 Å². The Labute approximate surface area is 124 Å². The van der Waals surface area contributed by atoms with E-state index in [2.05, 4.69) is 5.32 Å². The molecule has 0 atom stereocenters. The molecule has 1 aromatic carbocycles. The number of rotatable bonds is 6. The minimum Gasteiger partial charge on any atom is -0.478 e. The minimum absolute atomic E-state index is 0.0405. The Bertz CT molecular complexity index is 514. The first-order valence-electron chi connectivity index (χ1n) is 6.77. The SMILES string of the molecule is COCCN(C(=O)Nc1ccc(C(=O)O)cc1C)C(C)C. The molecule has 6 heteroatoms. The van der Waals surface area contributed by atoms with Gasteiger partial charge in [0, 0.05) is 25.4 Å². The molecule has 0 heterocycles. The van der Waals surface area contributed by atoms with E-state index in [1.54, 1.807) is 25.0 Å². The number of anilines is 1. The number of carbonyl (C=O) groups excluding carboxylic acids is 1. The Morgan fingerprint density at radius 2 is 2.05 bits per heavy atom. The molecule has 116 valence electrons. The highest BCUT2D eigenvalue weighted by Crippen LogP contribution is 2.17. The molecule has 0 saturated carbocycles. The van der Waals surface area contributed by atoms with Gasteiger partial charge in [-0.15, -0.1) is 0 Å².